The second-order valence-electron chi connectivity index (χ2n) is 6.40. The summed E-state index contributed by atoms with van der Waals surface area (Å²) >= 11 is 6.36. The van der Waals surface area contributed by atoms with Gasteiger partial charge in [-0.2, -0.15) is 0 Å². The molecule has 1 saturated carbocycles. The van der Waals surface area contributed by atoms with Crippen LogP contribution in [0.2, 0.25) is 5.02 Å². The van der Waals surface area contributed by atoms with Crippen LogP contribution in [0.3, 0.4) is 0 Å². The van der Waals surface area contributed by atoms with E-state index >= 15 is 0 Å². The molecule has 0 atom stereocenters. The summed E-state index contributed by atoms with van der Waals surface area (Å²) in [7, 11) is 0. The van der Waals surface area contributed by atoms with Gasteiger partial charge in [-0.1, -0.05) is 30.9 Å². The quantitative estimate of drug-likeness (QED) is 0.903. The van der Waals surface area contributed by atoms with Crippen LogP contribution in [-0.2, 0) is 6.54 Å². The van der Waals surface area contributed by atoms with Crippen molar-refractivity contribution in [2.75, 3.05) is 18.0 Å². The lowest BCUT2D eigenvalue weighted by Gasteiger charge is -2.44. The first-order valence-corrected chi connectivity index (χ1v) is 8.20. The van der Waals surface area contributed by atoms with Gasteiger partial charge in [0.2, 0.25) is 0 Å². The number of halogens is 1. The lowest BCUT2D eigenvalue weighted by atomic mass is 9.68. The van der Waals surface area contributed by atoms with Gasteiger partial charge < -0.3 is 10.6 Å². The molecule has 0 unspecified atom stereocenters. The first-order chi connectivity index (χ1) is 9.72. The number of nitrogens with two attached hydrogens (primary N) is 1. The molecule has 1 aliphatic carbocycles. The number of nitrogens with zero attached hydrogens (tertiary/aromatic N) is 2. The van der Waals surface area contributed by atoms with E-state index in [9.17, 15) is 0 Å². The molecule has 1 aromatic heterocycles. The Morgan fingerprint density at radius 2 is 1.85 bits per heavy atom. The minimum Gasteiger partial charge on any atom is -0.355 e. The maximum atomic E-state index is 6.36. The molecule has 2 heterocycles. The molecule has 0 amide bonds. The molecule has 2 aliphatic rings. The number of piperidine rings is 1. The smallest absolute Gasteiger partial charge is 0.147 e. The monoisotopic (exact) mass is 293 g/mol. The highest BCUT2D eigenvalue weighted by atomic mass is 35.5. The number of rotatable bonds is 2. The molecule has 4 heteroatoms. The van der Waals surface area contributed by atoms with Crippen LogP contribution in [-0.4, -0.2) is 18.1 Å². The Labute approximate surface area is 126 Å². The molecule has 110 valence electrons. The van der Waals surface area contributed by atoms with Gasteiger partial charge in [0.15, 0.2) is 0 Å². The second-order valence-corrected chi connectivity index (χ2v) is 6.81. The average Bonchev–Trinajstić information content (AvgIpc) is 2.49. The van der Waals surface area contributed by atoms with Gasteiger partial charge in [-0.3, -0.25) is 0 Å². The fraction of sp³-hybridized carbons (Fsp3) is 0.688. The number of anilines is 1. The van der Waals surface area contributed by atoms with Crippen molar-refractivity contribution in [2.24, 2.45) is 11.1 Å². The Kier molecular flexibility index (Phi) is 4.18. The summed E-state index contributed by atoms with van der Waals surface area (Å²) in [6, 6.07) is 1.95. The van der Waals surface area contributed by atoms with Gasteiger partial charge in [0.05, 0.1) is 5.02 Å². The molecule has 2 fully saturated rings. The van der Waals surface area contributed by atoms with Crippen LogP contribution in [0, 0.1) is 5.41 Å². The van der Waals surface area contributed by atoms with E-state index in [1.807, 2.05) is 12.3 Å². The van der Waals surface area contributed by atoms with Crippen LogP contribution < -0.4 is 10.6 Å². The molecule has 3 rings (SSSR count). The predicted molar refractivity (Wildman–Crippen MR) is 84.1 cm³/mol. The summed E-state index contributed by atoms with van der Waals surface area (Å²) in [6.07, 6.45) is 11.6. The normalized spacial score (nSPS) is 22.2. The minimum absolute atomic E-state index is 0.496. The molecule has 0 bridgehead atoms. The van der Waals surface area contributed by atoms with Gasteiger partial charge in [0.25, 0.3) is 0 Å². The third-order valence-electron chi connectivity index (χ3n) is 5.15. The summed E-state index contributed by atoms with van der Waals surface area (Å²) in [5.41, 5.74) is 7.25. The lowest BCUT2D eigenvalue weighted by Crippen LogP contribution is -2.41. The Morgan fingerprint density at radius 3 is 2.45 bits per heavy atom. The summed E-state index contributed by atoms with van der Waals surface area (Å²) < 4.78 is 0. The topological polar surface area (TPSA) is 42.1 Å². The maximum absolute atomic E-state index is 6.36. The van der Waals surface area contributed by atoms with Crippen LogP contribution >= 0.6 is 11.6 Å². The minimum atomic E-state index is 0.496. The fourth-order valence-corrected chi connectivity index (χ4v) is 4.12. The van der Waals surface area contributed by atoms with Crippen LogP contribution in [0.1, 0.15) is 50.5 Å². The van der Waals surface area contributed by atoms with E-state index in [-0.39, 0.29) is 0 Å². The van der Waals surface area contributed by atoms with E-state index in [4.69, 9.17) is 17.3 Å². The molecule has 1 saturated heterocycles. The lowest BCUT2D eigenvalue weighted by molar-refractivity contribution is 0.144. The van der Waals surface area contributed by atoms with E-state index in [0.717, 1.165) is 29.5 Å². The van der Waals surface area contributed by atoms with Gasteiger partial charge in [-0.25, -0.2) is 4.98 Å². The summed E-state index contributed by atoms with van der Waals surface area (Å²) in [6.45, 7) is 2.68. The molecule has 2 N–H and O–H groups in total. The third kappa shape index (κ3) is 2.79. The van der Waals surface area contributed by atoms with E-state index in [1.165, 1.54) is 44.9 Å². The molecule has 3 nitrogen and oxygen atoms in total. The van der Waals surface area contributed by atoms with Crippen LogP contribution in [0.15, 0.2) is 12.3 Å². The zero-order valence-corrected chi connectivity index (χ0v) is 12.8. The van der Waals surface area contributed by atoms with Gasteiger partial charge in [-0.15, -0.1) is 0 Å². The molecule has 1 aromatic rings. The van der Waals surface area contributed by atoms with Crippen molar-refractivity contribution in [3.05, 3.63) is 22.8 Å². The van der Waals surface area contributed by atoms with E-state index in [0.29, 0.717) is 12.0 Å². The van der Waals surface area contributed by atoms with Gasteiger partial charge in [-0.05, 0) is 42.7 Å². The van der Waals surface area contributed by atoms with E-state index < -0.39 is 0 Å². The van der Waals surface area contributed by atoms with Crippen molar-refractivity contribution >= 4 is 17.4 Å². The summed E-state index contributed by atoms with van der Waals surface area (Å²) in [4.78, 5) is 6.87. The molecule has 1 spiro atoms. The van der Waals surface area contributed by atoms with Gasteiger partial charge >= 0.3 is 0 Å². The van der Waals surface area contributed by atoms with Gasteiger partial charge in [0, 0.05) is 25.8 Å². The van der Waals surface area contributed by atoms with Crippen molar-refractivity contribution in [3.63, 3.8) is 0 Å². The second kappa shape index (κ2) is 5.90. The predicted octanol–water partition coefficient (Wildman–Crippen LogP) is 3.74. The van der Waals surface area contributed by atoms with Crippen molar-refractivity contribution < 1.29 is 0 Å². The SMILES string of the molecule is NCc1cnc(N2CCC3(CCCCC3)CC2)c(Cl)c1. The van der Waals surface area contributed by atoms with Crippen molar-refractivity contribution in [3.8, 4) is 0 Å². The highest BCUT2D eigenvalue weighted by molar-refractivity contribution is 6.33. The summed E-state index contributed by atoms with van der Waals surface area (Å²) in [5.74, 6) is 0.939. The Balaban J connectivity index is 1.68. The number of aromatic nitrogens is 1. The van der Waals surface area contributed by atoms with E-state index in [2.05, 4.69) is 9.88 Å². The van der Waals surface area contributed by atoms with Crippen molar-refractivity contribution in [1.29, 1.82) is 0 Å². The first kappa shape index (κ1) is 14.2. The molecule has 0 aromatic carbocycles. The van der Waals surface area contributed by atoms with Crippen LogP contribution in [0.25, 0.3) is 0 Å². The molecular weight excluding hydrogens is 270 g/mol. The number of hydrogen-bond acceptors (Lipinski definition) is 3. The Bertz CT molecular complexity index is 459. The Hall–Kier alpha value is -0.800. The molecule has 0 radical (unpaired) electrons. The molecule has 1 aliphatic heterocycles. The Morgan fingerprint density at radius 1 is 1.15 bits per heavy atom. The zero-order chi connectivity index (χ0) is 14.0. The average molecular weight is 294 g/mol. The maximum Gasteiger partial charge on any atom is 0.147 e. The largest absolute Gasteiger partial charge is 0.355 e. The molecule has 20 heavy (non-hydrogen) atoms. The highest BCUT2D eigenvalue weighted by Crippen LogP contribution is 2.45. The van der Waals surface area contributed by atoms with Crippen LogP contribution in [0.5, 0.6) is 0 Å². The van der Waals surface area contributed by atoms with Crippen molar-refractivity contribution in [2.45, 2.75) is 51.5 Å². The number of pyridine rings is 1. The van der Waals surface area contributed by atoms with Crippen molar-refractivity contribution in [1.82, 2.24) is 4.98 Å². The third-order valence-corrected chi connectivity index (χ3v) is 5.43. The van der Waals surface area contributed by atoms with Crippen LogP contribution in [0.4, 0.5) is 5.82 Å². The van der Waals surface area contributed by atoms with E-state index in [1.54, 1.807) is 0 Å². The zero-order valence-electron chi connectivity index (χ0n) is 12.1. The highest BCUT2D eigenvalue weighted by Gasteiger charge is 2.36. The van der Waals surface area contributed by atoms with Gasteiger partial charge in [0.1, 0.15) is 5.82 Å². The first-order valence-electron chi connectivity index (χ1n) is 7.82. The summed E-state index contributed by atoms with van der Waals surface area (Å²) in [5, 5.41) is 0.743. The fourth-order valence-electron chi connectivity index (χ4n) is 3.81. The standard InChI is InChI=1S/C16H24ClN3/c17-14-10-13(11-18)12-19-15(14)20-8-6-16(7-9-20)4-2-1-3-5-16/h10,12H,1-9,11,18H2. The number of hydrogen-bond donors (Lipinski definition) is 1. The molecular formula is C16H24ClN3.